The van der Waals surface area contributed by atoms with E-state index in [2.05, 4.69) is 4.98 Å². The van der Waals surface area contributed by atoms with Crippen LogP contribution < -0.4 is 0 Å². The Bertz CT molecular complexity index is 739. The van der Waals surface area contributed by atoms with Crippen LogP contribution in [0.2, 0.25) is 0 Å². The van der Waals surface area contributed by atoms with E-state index in [0.29, 0.717) is 25.5 Å². The molecule has 4 rings (SSSR count). The Morgan fingerprint density at radius 3 is 2.88 bits per heavy atom. The molecule has 2 aromatic rings. The van der Waals surface area contributed by atoms with Crippen molar-refractivity contribution in [3.8, 4) is 11.5 Å². The van der Waals surface area contributed by atoms with Gasteiger partial charge in [-0.3, -0.25) is 4.79 Å². The van der Waals surface area contributed by atoms with Gasteiger partial charge in [0.25, 0.3) is 0 Å². The molecule has 0 bridgehead atoms. The van der Waals surface area contributed by atoms with Gasteiger partial charge in [0.1, 0.15) is 5.76 Å². The highest BCUT2D eigenvalue weighted by Gasteiger charge is 2.36. The zero-order valence-corrected chi connectivity index (χ0v) is 14.6. The second-order valence-corrected chi connectivity index (χ2v) is 6.91. The van der Waals surface area contributed by atoms with E-state index >= 15 is 0 Å². The Balaban J connectivity index is 1.50. The van der Waals surface area contributed by atoms with Crippen LogP contribution in [-0.2, 0) is 16.0 Å². The summed E-state index contributed by atoms with van der Waals surface area (Å²) in [7, 11) is 0. The molecule has 2 atom stereocenters. The third-order valence-corrected chi connectivity index (χ3v) is 5.28. The summed E-state index contributed by atoms with van der Waals surface area (Å²) in [5.74, 6) is 1.44. The van der Waals surface area contributed by atoms with Crippen LogP contribution in [0, 0.1) is 6.92 Å². The lowest BCUT2D eigenvalue weighted by molar-refractivity contribution is -0.148. The average molecular weight is 340 g/mol. The molecule has 0 spiro atoms. The molecule has 132 valence electrons. The highest BCUT2D eigenvalue weighted by atomic mass is 16.5. The van der Waals surface area contributed by atoms with Gasteiger partial charge in [0.15, 0.2) is 0 Å². The van der Waals surface area contributed by atoms with E-state index in [1.165, 1.54) is 12.8 Å². The molecule has 1 amide bonds. The zero-order valence-electron chi connectivity index (χ0n) is 14.6. The predicted octanol–water partition coefficient (Wildman–Crippen LogP) is 3.36. The van der Waals surface area contributed by atoms with Gasteiger partial charge in [-0.1, -0.05) is 31.0 Å². The van der Waals surface area contributed by atoms with Crippen molar-refractivity contribution >= 4 is 5.91 Å². The van der Waals surface area contributed by atoms with Crippen molar-refractivity contribution < 1.29 is 13.9 Å². The summed E-state index contributed by atoms with van der Waals surface area (Å²) in [5, 5.41) is 0. The van der Waals surface area contributed by atoms with Crippen molar-refractivity contribution in [2.24, 2.45) is 0 Å². The number of oxazole rings is 1. The minimum atomic E-state index is 0.135. The van der Waals surface area contributed by atoms with Gasteiger partial charge in [-0.2, -0.15) is 0 Å². The smallest absolute Gasteiger partial charge is 0.229 e. The fraction of sp³-hybridized carbons (Fsp3) is 0.500. The van der Waals surface area contributed by atoms with Crippen molar-refractivity contribution in [3.63, 3.8) is 0 Å². The first-order valence-corrected chi connectivity index (χ1v) is 9.15. The number of ether oxygens (including phenoxy) is 1. The zero-order chi connectivity index (χ0) is 17.2. The molecular weight excluding hydrogens is 316 g/mol. The molecule has 2 fully saturated rings. The summed E-state index contributed by atoms with van der Waals surface area (Å²) in [4.78, 5) is 19.5. The summed E-state index contributed by atoms with van der Waals surface area (Å²) in [6.45, 7) is 3.20. The van der Waals surface area contributed by atoms with Gasteiger partial charge in [0.2, 0.25) is 11.8 Å². The van der Waals surface area contributed by atoms with Gasteiger partial charge in [-0.15, -0.1) is 0 Å². The monoisotopic (exact) mass is 340 g/mol. The molecule has 1 aliphatic carbocycles. The Labute approximate surface area is 148 Å². The maximum Gasteiger partial charge on any atom is 0.229 e. The minimum Gasteiger partial charge on any atom is -0.441 e. The van der Waals surface area contributed by atoms with Crippen LogP contribution in [0.3, 0.4) is 0 Å². The maximum atomic E-state index is 12.9. The normalized spacial score (nSPS) is 23.3. The number of fused-ring (bicyclic) bond motifs is 1. The molecular formula is C20H24N2O3. The van der Waals surface area contributed by atoms with Crippen molar-refractivity contribution in [2.75, 3.05) is 13.2 Å². The lowest BCUT2D eigenvalue weighted by atomic mass is 9.90. The first kappa shape index (κ1) is 16.3. The molecule has 0 unspecified atom stereocenters. The first-order valence-electron chi connectivity index (χ1n) is 9.15. The van der Waals surface area contributed by atoms with Gasteiger partial charge in [-0.25, -0.2) is 4.98 Å². The Hall–Kier alpha value is -2.14. The van der Waals surface area contributed by atoms with E-state index in [-0.39, 0.29) is 18.1 Å². The molecule has 1 aromatic carbocycles. The number of aryl methyl sites for hydroxylation is 1. The van der Waals surface area contributed by atoms with Crippen LogP contribution in [0.1, 0.15) is 37.1 Å². The van der Waals surface area contributed by atoms with Gasteiger partial charge in [0, 0.05) is 12.1 Å². The second kappa shape index (κ2) is 7.00. The van der Waals surface area contributed by atoms with Crippen molar-refractivity contribution in [1.29, 1.82) is 0 Å². The molecule has 5 heteroatoms. The molecule has 0 radical (unpaired) electrons. The number of hydrogen-bond acceptors (Lipinski definition) is 4. The predicted molar refractivity (Wildman–Crippen MR) is 94.1 cm³/mol. The van der Waals surface area contributed by atoms with Crippen LogP contribution in [0.5, 0.6) is 0 Å². The van der Waals surface area contributed by atoms with Gasteiger partial charge >= 0.3 is 0 Å². The average Bonchev–Trinajstić information content (AvgIpc) is 3.02. The minimum absolute atomic E-state index is 0.135. The number of amides is 1. The summed E-state index contributed by atoms with van der Waals surface area (Å²) in [6, 6.07) is 10.0. The van der Waals surface area contributed by atoms with Crippen molar-refractivity contribution in [1.82, 2.24) is 9.88 Å². The van der Waals surface area contributed by atoms with Gasteiger partial charge in [0.05, 0.1) is 30.9 Å². The summed E-state index contributed by atoms with van der Waals surface area (Å²) >= 11 is 0. The number of carbonyl (C=O) groups is 1. The van der Waals surface area contributed by atoms with Crippen LogP contribution in [-0.4, -0.2) is 41.1 Å². The fourth-order valence-electron chi connectivity index (χ4n) is 3.95. The Morgan fingerprint density at radius 1 is 1.24 bits per heavy atom. The van der Waals surface area contributed by atoms with Crippen LogP contribution >= 0.6 is 0 Å². The summed E-state index contributed by atoms with van der Waals surface area (Å²) < 4.78 is 11.7. The molecule has 5 nitrogen and oxygen atoms in total. The number of benzene rings is 1. The summed E-state index contributed by atoms with van der Waals surface area (Å²) in [5.41, 5.74) is 1.67. The second-order valence-electron chi connectivity index (χ2n) is 6.91. The molecule has 2 heterocycles. The van der Waals surface area contributed by atoms with Gasteiger partial charge < -0.3 is 14.1 Å². The van der Waals surface area contributed by atoms with E-state index in [4.69, 9.17) is 9.15 Å². The van der Waals surface area contributed by atoms with Crippen LogP contribution in [0.25, 0.3) is 11.5 Å². The number of morpholine rings is 1. The lowest BCUT2D eigenvalue weighted by Gasteiger charge is -2.43. The molecule has 2 aliphatic rings. The van der Waals surface area contributed by atoms with E-state index in [9.17, 15) is 4.79 Å². The highest BCUT2D eigenvalue weighted by molar-refractivity contribution is 5.79. The fourth-order valence-corrected chi connectivity index (χ4v) is 3.95. The molecule has 1 saturated heterocycles. The third-order valence-electron chi connectivity index (χ3n) is 5.28. The number of aromatic nitrogens is 1. The van der Waals surface area contributed by atoms with E-state index in [1.54, 1.807) is 0 Å². The Morgan fingerprint density at radius 2 is 2.04 bits per heavy atom. The topological polar surface area (TPSA) is 55.6 Å². The maximum absolute atomic E-state index is 12.9. The quantitative estimate of drug-likeness (QED) is 0.860. The van der Waals surface area contributed by atoms with E-state index < -0.39 is 0 Å². The van der Waals surface area contributed by atoms with Crippen LogP contribution in [0.15, 0.2) is 34.7 Å². The largest absolute Gasteiger partial charge is 0.441 e. The molecule has 1 aromatic heterocycles. The summed E-state index contributed by atoms with van der Waals surface area (Å²) in [6.07, 6.45) is 5.00. The number of hydrogen-bond donors (Lipinski definition) is 0. The van der Waals surface area contributed by atoms with Crippen LogP contribution in [0.4, 0.5) is 0 Å². The lowest BCUT2D eigenvalue weighted by Crippen LogP contribution is -2.55. The third kappa shape index (κ3) is 3.33. The standard InChI is InChI=1S/C20H24N2O3/c1-14-16(21-20(25-14)15-7-3-2-4-8-15)13-19(23)22-11-12-24-18-10-6-5-9-17(18)22/h2-4,7-8,17-18H,5-6,9-13H2,1H3/t17-,18-/m0/s1. The van der Waals surface area contributed by atoms with E-state index in [1.807, 2.05) is 42.2 Å². The molecule has 0 N–H and O–H groups in total. The van der Waals surface area contributed by atoms with Crippen molar-refractivity contribution in [2.45, 2.75) is 51.2 Å². The number of nitrogens with zero attached hydrogens (tertiary/aromatic N) is 2. The Kier molecular flexibility index (Phi) is 4.57. The number of rotatable bonds is 3. The molecule has 1 aliphatic heterocycles. The van der Waals surface area contributed by atoms with E-state index in [0.717, 1.165) is 29.9 Å². The SMILES string of the molecule is Cc1oc(-c2ccccc2)nc1CC(=O)N1CCO[C@H]2CCCC[C@@H]21. The van der Waals surface area contributed by atoms with Crippen molar-refractivity contribution in [3.05, 3.63) is 41.8 Å². The first-order chi connectivity index (χ1) is 12.2. The molecule has 1 saturated carbocycles. The van der Waals surface area contributed by atoms with Gasteiger partial charge in [-0.05, 0) is 31.9 Å². The molecule has 25 heavy (non-hydrogen) atoms. The number of carbonyl (C=O) groups excluding carboxylic acids is 1. The highest BCUT2D eigenvalue weighted by Crippen LogP contribution is 2.29.